The van der Waals surface area contributed by atoms with E-state index in [-0.39, 0.29) is 5.28 Å². The molecule has 1 saturated heterocycles. The molecule has 5 nitrogen and oxygen atoms in total. The largest absolute Gasteiger partial charge is 0.381 e. The van der Waals surface area contributed by atoms with Crippen LogP contribution in [0.3, 0.4) is 0 Å². The van der Waals surface area contributed by atoms with Crippen molar-refractivity contribution in [1.29, 1.82) is 0 Å². The highest BCUT2D eigenvalue weighted by molar-refractivity contribution is 6.35. The van der Waals surface area contributed by atoms with Crippen molar-refractivity contribution in [3.05, 3.63) is 16.6 Å². The molecule has 0 amide bonds. The van der Waals surface area contributed by atoms with Gasteiger partial charge in [0.25, 0.3) is 0 Å². The predicted molar refractivity (Wildman–Crippen MR) is 64.4 cm³/mol. The first kappa shape index (κ1) is 11.2. The molecule has 0 aromatic carbocycles. The topological polar surface area (TPSA) is 52.8 Å². The van der Waals surface area contributed by atoms with Crippen LogP contribution in [0.2, 0.25) is 10.4 Å². The van der Waals surface area contributed by atoms with Gasteiger partial charge in [-0.2, -0.15) is 10.1 Å². The number of hydrogen-bond acceptors (Lipinski definition) is 4. The van der Waals surface area contributed by atoms with Gasteiger partial charge in [0, 0.05) is 19.4 Å². The third kappa shape index (κ3) is 2.10. The standard InChI is InChI=1S/C10H10Cl2N4O/c11-8-7-5-16(6-1-3-17-4-2-6)15-9(7)14-10(12)13-8/h5-6H,1-4H2. The average Bonchev–Trinajstić information content (AvgIpc) is 2.74. The molecule has 2 aromatic rings. The Morgan fingerprint density at radius 2 is 2.00 bits per heavy atom. The van der Waals surface area contributed by atoms with Gasteiger partial charge in [-0.25, -0.2) is 4.98 Å². The van der Waals surface area contributed by atoms with E-state index < -0.39 is 0 Å². The lowest BCUT2D eigenvalue weighted by Gasteiger charge is -2.21. The van der Waals surface area contributed by atoms with Gasteiger partial charge in [-0.05, 0) is 24.4 Å². The zero-order chi connectivity index (χ0) is 11.8. The zero-order valence-corrected chi connectivity index (χ0v) is 10.4. The average molecular weight is 273 g/mol. The SMILES string of the molecule is Clc1nc(Cl)c2cn(C3CCOCC3)nc2n1. The van der Waals surface area contributed by atoms with Gasteiger partial charge in [0.1, 0.15) is 5.15 Å². The molecular formula is C10H10Cl2N4O. The molecule has 0 bridgehead atoms. The number of aromatic nitrogens is 4. The van der Waals surface area contributed by atoms with Gasteiger partial charge in [-0.15, -0.1) is 0 Å². The molecular weight excluding hydrogens is 263 g/mol. The van der Waals surface area contributed by atoms with Crippen LogP contribution in [0, 0.1) is 0 Å². The molecule has 0 N–H and O–H groups in total. The van der Waals surface area contributed by atoms with Crippen LogP contribution >= 0.6 is 23.2 Å². The smallest absolute Gasteiger partial charge is 0.225 e. The molecule has 1 aliphatic heterocycles. The minimum absolute atomic E-state index is 0.125. The molecule has 0 aliphatic carbocycles. The van der Waals surface area contributed by atoms with Crippen LogP contribution in [-0.4, -0.2) is 33.0 Å². The zero-order valence-electron chi connectivity index (χ0n) is 8.94. The van der Waals surface area contributed by atoms with Crippen LogP contribution in [0.1, 0.15) is 18.9 Å². The summed E-state index contributed by atoms with van der Waals surface area (Å²) in [5, 5.41) is 5.61. The number of fused-ring (bicyclic) bond motifs is 1. The van der Waals surface area contributed by atoms with E-state index in [4.69, 9.17) is 27.9 Å². The molecule has 3 rings (SSSR count). The van der Waals surface area contributed by atoms with E-state index in [0.717, 1.165) is 31.4 Å². The summed E-state index contributed by atoms with van der Waals surface area (Å²) in [6.45, 7) is 1.53. The fourth-order valence-corrected chi connectivity index (χ4v) is 2.42. The van der Waals surface area contributed by atoms with Crippen LogP contribution in [0.4, 0.5) is 0 Å². The molecule has 0 radical (unpaired) electrons. The van der Waals surface area contributed by atoms with E-state index in [1.54, 1.807) is 0 Å². The van der Waals surface area contributed by atoms with Crippen molar-refractivity contribution in [2.75, 3.05) is 13.2 Å². The quantitative estimate of drug-likeness (QED) is 0.591. The van der Waals surface area contributed by atoms with Crippen molar-refractivity contribution in [2.24, 2.45) is 0 Å². The molecule has 3 heterocycles. The van der Waals surface area contributed by atoms with Gasteiger partial charge >= 0.3 is 0 Å². The Kier molecular flexibility index (Phi) is 2.90. The summed E-state index contributed by atoms with van der Waals surface area (Å²) in [5.74, 6) is 0. The summed E-state index contributed by atoms with van der Waals surface area (Å²) in [7, 11) is 0. The maximum Gasteiger partial charge on any atom is 0.225 e. The summed E-state index contributed by atoms with van der Waals surface area (Å²) in [6.07, 6.45) is 3.78. The maximum atomic E-state index is 6.00. The van der Waals surface area contributed by atoms with Crippen molar-refractivity contribution in [1.82, 2.24) is 19.7 Å². The minimum atomic E-state index is 0.125. The van der Waals surface area contributed by atoms with Gasteiger partial charge in [0.15, 0.2) is 5.65 Å². The first-order chi connectivity index (χ1) is 8.24. The van der Waals surface area contributed by atoms with Crippen molar-refractivity contribution in [2.45, 2.75) is 18.9 Å². The van der Waals surface area contributed by atoms with Crippen LogP contribution in [0.5, 0.6) is 0 Å². The lowest BCUT2D eigenvalue weighted by molar-refractivity contribution is 0.0664. The first-order valence-corrected chi connectivity index (χ1v) is 6.15. The van der Waals surface area contributed by atoms with Gasteiger partial charge in [0.05, 0.1) is 11.4 Å². The van der Waals surface area contributed by atoms with Crippen molar-refractivity contribution in [3.8, 4) is 0 Å². The fraction of sp³-hybridized carbons (Fsp3) is 0.500. The lowest BCUT2D eigenvalue weighted by Crippen LogP contribution is -2.19. The van der Waals surface area contributed by atoms with Gasteiger partial charge in [-0.3, -0.25) is 4.68 Å². The Labute approximate surface area is 108 Å². The molecule has 0 spiro atoms. The van der Waals surface area contributed by atoms with E-state index in [9.17, 15) is 0 Å². The number of halogens is 2. The second-order valence-electron chi connectivity index (χ2n) is 3.97. The van der Waals surface area contributed by atoms with E-state index in [2.05, 4.69) is 15.1 Å². The van der Waals surface area contributed by atoms with Crippen LogP contribution in [-0.2, 0) is 4.74 Å². The third-order valence-corrected chi connectivity index (χ3v) is 3.35. The van der Waals surface area contributed by atoms with Crippen molar-refractivity contribution < 1.29 is 4.74 Å². The molecule has 17 heavy (non-hydrogen) atoms. The molecule has 90 valence electrons. The summed E-state index contributed by atoms with van der Waals surface area (Å²) in [5.41, 5.74) is 0.543. The molecule has 0 atom stereocenters. The second kappa shape index (κ2) is 4.40. The summed E-state index contributed by atoms with van der Waals surface area (Å²) in [4.78, 5) is 7.96. The molecule has 7 heteroatoms. The molecule has 0 unspecified atom stereocenters. The van der Waals surface area contributed by atoms with Gasteiger partial charge < -0.3 is 4.74 Å². The summed E-state index contributed by atoms with van der Waals surface area (Å²) in [6, 6.07) is 0.341. The third-order valence-electron chi connectivity index (χ3n) is 2.89. The number of rotatable bonds is 1. The van der Waals surface area contributed by atoms with Crippen LogP contribution in [0.25, 0.3) is 11.0 Å². The van der Waals surface area contributed by atoms with Crippen LogP contribution in [0.15, 0.2) is 6.20 Å². The molecule has 2 aromatic heterocycles. The number of hydrogen-bond donors (Lipinski definition) is 0. The summed E-state index contributed by atoms with van der Waals surface area (Å²) < 4.78 is 7.21. The number of nitrogens with zero attached hydrogens (tertiary/aromatic N) is 4. The molecule has 0 saturated carbocycles. The first-order valence-electron chi connectivity index (χ1n) is 5.39. The monoisotopic (exact) mass is 272 g/mol. The highest BCUT2D eigenvalue weighted by Gasteiger charge is 2.18. The van der Waals surface area contributed by atoms with E-state index >= 15 is 0 Å². The Morgan fingerprint density at radius 1 is 1.24 bits per heavy atom. The Bertz CT molecular complexity index is 550. The number of ether oxygens (including phenoxy) is 1. The Hall–Kier alpha value is -0.910. The van der Waals surface area contributed by atoms with Gasteiger partial charge in [0.2, 0.25) is 5.28 Å². The normalized spacial score (nSPS) is 17.8. The van der Waals surface area contributed by atoms with Crippen molar-refractivity contribution in [3.63, 3.8) is 0 Å². The van der Waals surface area contributed by atoms with E-state index in [0.29, 0.717) is 16.8 Å². The Morgan fingerprint density at radius 3 is 2.76 bits per heavy atom. The van der Waals surface area contributed by atoms with Crippen molar-refractivity contribution >= 4 is 34.2 Å². The fourth-order valence-electron chi connectivity index (χ4n) is 2.00. The second-order valence-corrected chi connectivity index (χ2v) is 4.67. The highest BCUT2D eigenvalue weighted by Crippen LogP contribution is 2.25. The molecule has 1 aliphatic rings. The van der Waals surface area contributed by atoms with Crippen LogP contribution < -0.4 is 0 Å². The maximum absolute atomic E-state index is 6.00. The predicted octanol–water partition coefficient (Wildman–Crippen LogP) is 2.48. The highest BCUT2D eigenvalue weighted by atomic mass is 35.5. The molecule has 1 fully saturated rings. The van der Waals surface area contributed by atoms with Gasteiger partial charge in [-0.1, -0.05) is 11.6 Å². The Balaban J connectivity index is 2.03. The van der Waals surface area contributed by atoms with E-state index in [1.807, 2.05) is 10.9 Å². The van der Waals surface area contributed by atoms with E-state index in [1.165, 1.54) is 0 Å². The summed E-state index contributed by atoms with van der Waals surface area (Å²) >= 11 is 11.7. The lowest BCUT2D eigenvalue weighted by atomic mass is 10.1. The minimum Gasteiger partial charge on any atom is -0.381 e.